The summed E-state index contributed by atoms with van der Waals surface area (Å²) < 4.78 is 6.36. The van der Waals surface area contributed by atoms with Crippen LogP contribution < -0.4 is 5.32 Å². The number of nitrogens with zero attached hydrogens (tertiary/aromatic N) is 1. The minimum absolute atomic E-state index is 0.0543. The van der Waals surface area contributed by atoms with Gasteiger partial charge >= 0.3 is 0 Å². The molecule has 0 spiro atoms. The predicted octanol–water partition coefficient (Wildman–Crippen LogP) is 1.98. The molecule has 1 saturated heterocycles. The highest BCUT2D eigenvalue weighted by Gasteiger charge is 2.56. The smallest absolute Gasteiger partial charge is 0.124 e. The quantitative estimate of drug-likeness (QED) is 0.770. The first-order chi connectivity index (χ1) is 8.80. The van der Waals surface area contributed by atoms with E-state index in [9.17, 15) is 0 Å². The molecule has 1 rings (SSSR count). The van der Waals surface area contributed by atoms with Crippen molar-refractivity contribution in [1.29, 1.82) is 0 Å². The van der Waals surface area contributed by atoms with Crippen molar-refractivity contribution >= 4 is 0 Å². The van der Waals surface area contributed by atoms with E-state index in [1.54, 1.807) is 0 Å². The van der Waals surface area contributed by atoms with Crippen LogP contribution in [0.2, 0.25) is 0 Å². The molecular formula is C16H30N2O. The van der Waals surface area contributed by atoms with Gasteiger partial charge in [-0.15, -0.1) is 6.42 Å². The molecule has 1 fully saturated rings. The largest absolute Gasteiger partial charge is 0.370 e. The maximum Gasteiger partial charge on any atom is 0.124 e. The van der Waals surface area contributed by atoms with E-state index in [4.69, 9.17) is 11.2 Å². The van der Waals surface area contributed by atoms with Gasteiger partial charge in [0.15, 0.2) is 0 Å². The Morgan fingerprint density at radius 1 is 1.32 bits per heavy atom. The third-order valence-electron chi connectivity index (χ3n) is 4.11. The molecule has 1 N–H and O–H groups in total. The molecule has 0 aromatic carbocycles. The molecule has 19 heavy (non-hydrogen) atoms. The van der Waals surface area contributed by atoms with E-state index in [0.717, 1.165) is 6.42 Å². The highest BCUT2D eigenvalue weighted by atomic mass is 16.5. The minimum Gasteiger partial charge on any atom is -0.370 e. The van der Waals surface area contributed by atoms with Gasteiger partial charge < -0.3 is 15.0 Å². The van der Waals surface area contributed by atoms with Gasteiger partial charge in [-0.3, -0.25) is 0 Å². The van der Waals surface area contributed by atoms with Crippen molar-refractivity contribution in [3.8, 4) is 12.3 Å². The van der Waals surface area contributed by atoms with Crippen LogP contribution in [0.25, 0.3) is 0 Å². The van der Waals surface area contributed by atoms with Crippen LogP contribution in [0.5, 0.6) is 0 Å². The van der Waals surface area contributed by atoms with Crippen molar-refractivity contribution in [3.63, 3.8) is 0 Å². The lowest BCUT2D eigenvalue weighted by Gasteiger charge is -2.39. The van der Waals surface area contributed by atoms with Gasteiger partial charge in [0.05, 0.1) is 18.2 Å². The molecule has 1 aliphatic heterocycles. The molecule has 0 amide bonds. The number of hydrogen-bond acceptors (Lipinski definition) is 3. The summed E-state index contributed by atoms with van der Waals surface area (Å²) in [7, 11) is 6.13. The van der Waals surface area contributed by atoms with Crippen LogP contribution in [0.15, 0.2) is 0 Å². The highest BCUT2D eigenvalue weighted by molar-refractivity contribution is 5.27. The molecular weight excluding hydrogens is 236 g/mol. The molecule has 1 heterocycles. The normalized spacial score (nSPS) is 35.3. The maximum atomic E-state index is 6.36. The lowest BCUT2D eigenvalue weighted by Crippen LogP contribution is -2.62. The Balaban J connectivity index is 3.17. The topological polar surface area (TPSA) is 24.5 Å². The van der Waals surface area contributed by atoms with Crippen molar-refractivity contribution in [2.45, 2.75) is 57.9 Å². The van der Waals surface area contributed by atoms with Gasteiger partial charge in [-0.2, -0.15) is 0 Å². The Labute approximate surface area is 119 Å². The number of ether oxygens (including phenoxy) is 1. The van der Waals surface area contributed by atoms with Crippen molar-refractivity contribution in [1.82, 2.24) is 10.2 Å². The summed E-state index contributed by atoms with van der Waals surface area (Å²) in [6, 6.07) is 0.206. The van der Waals surface area contributed by atoms with Gasteiger partial charge in [0.25, 0.3) is 0 Å². The summed E-state index contributed by atoms with van der Waals surface area (Å²) in [5, 5.41) is 3.39. The monoisotopic (exact) mass is 266 g/mol. The summed E-state index contributed by atoms with van der Waals surface area (Å²) in [5.74, 6) is 4.01. The van der Waals surface area contributed by atoms with Crippen LogP contribution >= 0.6 is 0 Å². The number of likely N-dealkylation sites (N-methyl/N-ethyl adjacent to an activating group) is 2. The molecule has 0 aromatic rings. The molecule has 0 aliphatic carbocycles. The third-order valence-corrected chi connectivity index (χ3v) is 4.11. The SMILES string of the molecule is C#C[C@]1(NC)[C@H](C(C)C)O[C@H](CC(C)C)[C@H]1N(C)C. The lowest BCUT2D eigenvalue weighted by atomic mass is 9.79. The van der Waals surface area contributed by atoms with E-state index >= 15 is 0 Å². The summed E-state index contributed by atoms with van der Waals surface area (Å²) >= 11 is 0. The van der Waals surface area contributed by atoms with E-state index in [0.29, 0.717) is 11.8 Å². The third kappa shape index (κ3) is 2.97. The Morgan fingerprint density at radius 2 is 1.89 bits per heavy atom. The fraction of sp³-hybridized carbons (Fsp3) is 0.875. The second-order valence-electron chi connectivity index (χ2n) is 6.64. The number of hydrogen-bond donors (Lipinski definition) is 1. The molecule has 3 heteroatoms. The number of rotatable bonds is 5. The second kappa shape index (κ2) is 6.26. The molecule has 110 valence electrons. The van der Waals surface area contributed by atoms with Crippen molar-refractivity contribution in [2.24, 2.45) is 11.8 Å². The Hall–Kier alpha value is -0.560. The fourth-order valence-corrected chi connectivity index (χ4v) is 3.43. The molecule has 0 aromatic heterocycles. The average molecular weight is 266 g/mol. The summed E-state index contributed by atoms with van der Waals surface area (Å²) in [6.07, 6.45) is 7.19. The lowest BCUT2D eigenvalue weighted by molar-refractivity contribution is -0.00848. The van der Waals surface area contributed by atoms with Crippen molar-refractivity contribution < 1.29 is 4.74 Å². The summed E-state index contributed by atoms with van der Waals surface area (Å²) in [5.41, 5.74) is -0.406. The van der Waals surface area contributed by atoms with Crippen molar-refractivity contribution in [3.05, 3.63) is 0 Å². The zero-order valence-corrected chi connectivity index (χ0v) is 13.5. The van der Waals surface area contributed by atoms with Crippen LogP contribution in [-0.2, 0) is 4.74 Å². The van der Waals surface area contributed by atoms with Crippen LogP contribution in [0.1, 0.15) is 34.1 Å². The van der Waals surface area contributed by atoms with E-state index in [1.165, 1.54) is 0 Å². The highest BCUT2D eigenvalue weighted by Crippen LogP contribution is 2.39. The van der Waals surface area contributed by atoms with E-state index in [2.05, 4.69) is 57.9 Å². The van der Waals surface area contributed by atoms with Gasteiger partial charge in [-0.1, -0.05) is 33.6 Å². The Kier molecular flexibility index (Phi) is 5.43. The zero-order chi connectivity index (χ0) is 14.8. The molecule has 4 atom stereocenters. The standard InChI is InChI=1S/C16H30N2O/c1-9-16(17-6)14(18(7)8)13(10-11(2)3)19-15(16)12(4)5/h1,11-15,17H,10H2,2-8H3/t13-,14-,15+,16-/m1/s1. The molecule has 0 bridgehead atoms. The van der Waals surface area contributed by atoms with Gasteiger partial charge in [0, 0.05) is 0 Å². The van der Waals surface area contributed by atoms with Gasteiger partial charge in [-0.05, 0) is 39.4 Å². The van der Waals surface area contributed by atoms with E-state index in [1.807, 2.05) is 7.05 Å². The van der Waals surface area contributed by atoms with Crippen LogP contribution in [0.3, 0.4) is 0 Å². The van der Waals surface area contributed by atoms with Crippen LogP contribution in [0, 0.1) is 24.2 Å². The first kappa shape index (κ1) is 16.5. The second-order valence-corrected chi connectivity index (χ2v) is 6.64. The van der Waals surface area contributed by atoms with E-state index in [-0.39, 0.29) is 18.2 Å². The minimum atomic E-state index is -0.406. The number of terminal acetylenes is 1. The van der Waals surface area contributed by atoms with Crippen molar-refractivity contribution in [2.75, 3.05) is 21.1 Å². The molecule has 1 aliphatic rings. The Bertz CT molecular complexity index is 332. The fourth-order valence-electron chi connectivity index (χ4n) is 3.43. The summed E-state index contributed by atoms with van der Waals surface area (Å²) in [6.45, 7) is 8.82. The average Bonchev–Trinajstić information content (AvgIpc) is 2.63. The Morgan fingerprint density at radius 3 is 2.21 bits per heavy atom. The van der Waals surface area contributed by atoms with Gasteiger partial charge in [-0.25, -0.2) is 0 Å². The van der Waals surface area contributed by atoms with Gasteiger partial charge in [0.1, 0.15) is 5.54 Å². The van der Waals surface area contributed by atoms with E-state index < -0.39 is 5.54 Å². The van der Waals surface area contributed by atoms with Gasteiger partial charge in [0.2, 0.25) is 0 Å². The zero-order valence-electron chi connectivity index (χ0n) is 13.5. The first-order valence-corrected chi connectivity index (χ1v) is 7.28. The predicted molar refractivity (Wildman–Crippen MR) is 81.1 cm³/mol. The number of nitrogens with one attached hydrogen (secondary N) is 1. The van der Waals surface area contributed by atoms with Crippen LogP contribution in [-0.4, -0.2) is 49.8 Å². The first-order valence-electron chi connectivity index (χ1n) is 7.28. The molecule has 0 radical (unpaired) electrons. The maximum absolute atomic E-state index is 6.36. The molecule has 0 saturated carbocycles. The van der Waals surface area contributed by atoms with Crippen LogP contribution in [0.4, 0.5) is 0 Å². The molecule has 3 nitrogen and oxygen atoms in total. The molecule has 0 unspecified atom stereocenters. The summed E-state index contributed by atoms with van der Waals surface area (Å²) in [4.78, 5) is 2.21.